The zero-order chi connectivity index (χ0) is 13.6. The van der Waals surface area contributed by atoms with E-state index in [-0.39, 0.29) is 0 Å². The molecule has 18 heavy (non-hydrogen) atoms. The van der Waals surface area contributed by atoms with Gasteiger partial charge in [0.1, 0.15) is 0 Å². The highest BCUT2D eigenvalue weighted by atomic mass is 28.3. The Morgan fingerprint density at radius 1 is 1.33 bits per heavy atom. The van der Waals surface area contributed by atoms with Crippen LogP contribution in [0.5, 0.6) is 0 Å². The largest absolute Gasteiger partial charge is 0.295 e. The summed E-state index contributed by atoms with van der Waals surface area (Å²) in [7, 11) is -0.913. The van der Waals surface area contributed by atoms with Crippen molar-refractivity contribution in [1.29, 1.82) is 0 Å². The fraction of sp³-hybridized carbons (Fsp3) is 0.688. The van der Waals surface area contributed by atoms with E-state index in [1.54, 1.807) is 0 Å². The second-order valence-electron chi connectivity index (χ2n) is 6.75. The zero-order valence-electron chi connectivity index (χ0n) is 12.5. The van der Waals surface area contributed by atoms with Crippen molar-refractivity contribution in [3.63, 3.8) is 0 Å². The van der Waals surface area contributed by atoms with Crippen LogP contribution in [0.4, 0.5) is 0 Å². The van der Waals surface area contributed by atoms with E-state index in [4.69, 9.17) is 0 Å². The molecular weight excluding hydrogens is 236 g/mol. The van der Waals surface area contributed by atoms with Crippen LogP contribution in [0.2, 0.25) is 25.7 Å². The molecule has 0 radical (unpaired) electrons. The number of hydrogen-bond donors (Lipinski definition) is 0. The Morgan fingerprint density at radius 3 is 2.72 bits per heavy atom. The predicted molar refractivity (Wildman–Crippen MR) is 82.6 cm³/mol. The first-order valence-electron chi connectivity index (χ1n) is 7.27. The molecule has 0 aromatic heterocycles. The van der Waals surface area contributed by atoms with Crippen molar-refractivity contribution in [2.45, 2.75) is 64.7 Å². The molecule has 1 unspecified atom stereocenters. The van der Waals surface area contributed by atoms with Gasteiger partial charge in [0.15, 0.2) is 5.78 Å². The van der Waals surface area contributed by atoms with Gasteiger partial charge in [-0.25, -0.2) is 0 Å². The van der Waals surface area contributed by atoms with Crippen LogP contribution in [-0.4, -0.2) is 13.9 Å². The summed E-state index contributed by atoms with van der Waals surface area (Å²) in [6.45, 7) is 9.45. The van der Waals surface area contributed by atoms with Crippen molar-refractivity contribution >= 4 is 13.9 Å². The molecule has 0 aromatic rings. The second-order valence-corrected chi connectivity index (χ2v) is 12.3. The Labute approximate surface area is 113 Å². The van der Waals surface area contributed by atoms with Crippen LogP contribution in [0.15, 0.2) is 23.8 Å². The predicted octanol–water partition coefficient (Wildman–Crippen LogP) is 4.98. The molecule has 1 nitrogen and oxygen atoms in total. The first kappa shape index (κ1) is 15.4. The van der Waals surface area contributed by atoms with E-state index in [2.05, 4.69) is 38.7 Å². The number of allylic oxidation sites excluding steroid dienone is 4. The van der Waals surface area contributed by atoms with Crippen LogP contribution in [0.3, 0.4) is 0 Å². The van der Waals surface area contributed by atoms with Gasteiger partial charge in [-0.3, -0.25) is 4.79 Å². The minimum absolute atomic E-state index is 0.331. The van der Waals surface area contributed by atoms with Crippen molar-refractivity contribution in [3.05, 3.63) is 23.8 Å². The lowest BCUT2D eigenvalue weighted by Crippen LogP contribution is -2.17. The van der Waals surface area contributed by atoms with Gasteiger partial charge in [0.25, 0.3) is 0 Å². The van der Waals surface area contributed by atoms with E-state index in [0.717, 1.165) is 25.7 Å². The van der Waals surface area contributed by atoms with Crippen LogP contribution in [0.1, 0.15) is 39.0 Å². The number of carbonyl (C=O) groups is 1. The molecule has 0 heterocycles. The summed E-state index contributed by atoms with van der Waals surface area (Å²) in [6, 6.07) is 1.28. The van der Waals surface area contributed by atoms with E-state index in [9.17, 15) is 4.79 Å². The molecule has 0 N–H and O–H groups in total. The Bertz CT molecular complexity index is 333. The summed E-state index contributed by atoms with van der Waals surface area (Å²) in [5, 5.41) is 0. The summed E-state index contributed by atoms with van der Waals surface area (Å²) >= 11 is 0. The number of rotatable bonds is 6. The van der Waals surface area contributed by atoms with Crippen LogP contribution >= 0.6 is 0 Å². The van der Waals surface area contributed by atoms with Gasteiger partial charge in [0.2, 0.25) is 0 Å². The Balaban J connectivity index is 2.23. The highest BCUT2D eigenvalue weighted by Gasteiger charge is 2.16. The van der Waals surface area contributed by atoms with E-state index in [1.165, 1.54) is 18.0 Å². The molecule has 0 saturated heterocycles. The fourth-order valence-electron chi connectivity index (χ4n) is 2.26. The van der Waals surface area contributed by atoms with Crippen molar-refractivity contribution in [2.24, 2.45) is 5.92 Å². The third-order valence-corrected chi connectivity index (χ3v) is 5.00. The highest BCUT2D eigenvalue weighted by Crippen LogP contribution is 2.26. The van der Waals surface area contributed by atoms with Crippen LogP contribution in [0.25, 0.3) is 0 Å². The molecule has 1 aliphatic carbocycles. The molecule has 1 rings (SSSR count). The molecule has 0 aromatic carbocycles. The standard InChI is InChI=1S/C16H28OSi/c1-14-10-11-16(17)13-15(14)9-7-5-6-8-12-18(2,3)4/h6,8,13-14H,5,7,9-12H2,1-4H3. The number of carbonyl (C=O) groups excluding carboxylic acids is 1. The molecule has 0 amide bonds. The number of ketones is 1. The lowest BCUT2D eigenvalue weighted by molar-refractivity contribution is -0.115. The van der Waals surface area contributed by atoms with Crippen molar-refractivity contribution in [2.75, 3.05) is 0 Å². The molecule has 0 saturated carbocycles. The van der Waals surface area contributed by atoms with E-state index < -0.39 is 8.07 Å². The quantitative estimate of drug-likeness (QED) is 0.376. The lowest BCUT2D eigenvalue weighted by atomic mass is 9.86. The summed E-state index contributed by atoms with van der Waals surface area (Å²) < 4.78 is 0. The topological polar surface area (TPSA) is 17.1 Å². The van der Waals surface area contributed by atoms with Crippen LogP contribution in [0, 0.1) is 5.92 Å². The molecule has 2 heteroatoms. The maximum absolute atomic E-state index is 11.4. The van der Waals surface area contributed by atoms with Gasteiger partial charge in [-0.2, -0.15) is 0 Å². The summed E-state index contributed by atoms with van der Waals surface area (Å²) in [5.74, 6) is 0.950. The molecule has 0 bridgehead atoms. The lowest BCUT2D eigenvalue weighted by Gasteiger charge is -2.19. The van der Waals surface area contributed by atoms with Gasteiger partial charge in [-0.05, 0) is 43.7 Å². The van der Waals surface area contributed by atoms with Gasteiger partial charge in [-0.1, -0.05) is 44.3 Å². The second kappa shape index (κ2) is 7.08. The molecule has 1 atom stereocenters. The van der Waals surface area contributed by atoms with Crippen LogP contribution in [-0.2, 0) is 4.79 Å². The monoisotopic (exact) mass is 264 g/mol. The molecule has 102 valence electrons. The van der Waals surface area contributed by atoms with E-state index in [0.29, 0.717) is 11.7 Å². The van der Waals surface area contributed by atoms with Crippen molar-refractivity contribution in [3.8, 4) is 0 Å². The molecule has 0 aliphatic heterocycles. The molecular formula is C16H28OSi. The highest BCUT2D eigenvalue weighted by molar-refractivity contribution is 6.76. The van der Waals surface area contributed by atoms with E-state index >= 15 is 0 Å². The molecule has 1 aliphatic rings. The molecule has 0 spiro atoms. The van der Waals surface area contributed by atoms with Crippen molar-refractivity contribution < 1.29 is 4.79 Å². The van der Waals surface area contributed by atoms with Gasteiger partial charge in [-0.15, -0.1) is 0 Å². The average Bonchev–Trinajstić information content (AvgIpc) is 2.26. The van der Waals surface area contributed by atoms with Crippen molar-refractivity contribution in [1.82, 2.24) is 0 Å². The maximum Gasteiger partial charge on any atom is 0.155 e. The minimum atomic E-state index is -0.913. The SMILES string of the molecule is CC1CCC(=O)C=C1CCCC=CC[Si](C)(C)C. The van der Waals surface area contributed by atoms with Gasteiger partial charge < -0.3 is 0 Å². The summed E-state index contributed by atoms with van der Waals surface area (Å²) in [6.07, 6.45) is 11.8. The smallest absolute Gasteiger partial charge is 0.155 e. The Morgan fingerprint density at radius 2 is 2.06 bits per heavy atom. The first-order chi connectivity index (χ1) is 8.38. The van der Waals surface area contributed by atoms with Gasteiger partial charge in [0.05, 0.1) is 0 Å². The Hall–Kier alpha value is -0.633. The number of hydrogen-bond acceptors (Lipinski definition) is 1. The number of unbranched alkanes of at least 4 members (excludes halogenated alkanes) is 1. The molecule has 0 fully saturated rings. The maximum atomic E-state index is 11.4. The minimum Gasteiger partial charge on any atom is -0.295 e. The fourth-order valence-corrected chi connectivity index (χ4v) is 3.14. The normalized spacial score (nSPS) is 21.4. The van der Waals surface area contributed by atoms with Crippen LogP contribution < -0.4 is 0 Å². The van der Waals surface area contributed by atoms with Gasteiger partial charge >= 0.3 is 0 Å². The third kappa shape index (κ3) is 6.34. The van der Waals surface area contributed by atoms with E-state index in [1.807, 2.05) is 6.08 Å². The summed E-state index contributed by atoms with van der Waals surface area (Å²) in [4.78, 5) is 11.4. The average molecular weight is 264 g/mol. The zero-order valence-corrected chi connectivity index (χ0v) is 13.5. The first-order valence-corrected chi connectivity index (χ1v) is 11.0. The van der Waals surface area contributed by atoms with Gasteiger partial charge in [0, 0.05) is 14.5 Å². The third-order valence-electron chi connectivity index (χ3n) is 3.54. The summed E-state index contributed by atoms with van der Waals surface area (Å²) in [5.41, 5.74) is 1.38. The Kier molecular flexibility index (Phi) is 6.07.